The zero-order chi connectivity index (χ0) is 27.6. The maximum atomic E-state index is 13.3. The minimum Gasteiger partial charge on any atom is -0.486 e. The predicted molar refractivity (Wildman–Crippen MR) is 149 cm³/mol. The van der Waals surface area contributed by atoms with Crippen LogP contribution in [-0.4, -0.2) is 79.9 Å². The van der Waals surface area contributed by atoms with Gasteiger partial charge < -0.3 is 40.1 Å². The lowest BCUT2D eigenvalue weighted by atomic mass is 9.87. The summed E-state index contributed by atoms with van der Waals surface area (Å²) in [6.07, 6.45) is 7.73. The molecular weight excluding hydrogens is 500 g/mol. The Kier molecular flexibility index (Phi) is 7.35. The molecule has 4 aliphatic heterocycles. The molecule has 0 unspecified atom stereocenters. The molecule has 11 heteroatoms. The molecule has 2 saturated heterocycles. The van der Waals surface area contributed by atoms with Crippen LogP contribution in [0.4, 0.5) is 16.2 Å². The summed E-state index contributed by atoms with van der Waals surface area (Å²) < 4.78 is 17.7. The molecule has 0 radical (unpaired) electrons. The van der Waals surface area contributed by atoms with Crippen molar-refractivity contribution in [3.05, 3.63) is 41.4 Å². The van der Waals surface area contributed by atoms with Crippen LogP contribution >= 0.6 is 0 Å². The van der Waals surface area contributed by atoms with Gasteiger partial charge in [-0.05, 0) is 32.9 Å². The van der Waals surface area contributed by atoms with Crippen LogP contribution in [0, 0.1) is 5.41 Å². The lowest BCUT2D eigenvalue weighted by Gasteiger charge is -2.39. The molecule has 1 aromatic rings. The molecule has 11 nitrogen and oxygen atoms in total. The highest BCUT2D eigenvalue weighted by atomic mass is 16.6. The standard InChI is InChI=1S/C28H36N6O5/c1-27(2,3)39-26(36)34-9-5-28(6-10-34)17-19-15-21(22(16-23(19)38-28)33-11-13-37-14-12-33)32-25(35)20(18-29)24-30-7-4-8-31-24/h4,7-8,15-16,18,29-30H,5-6,9-14,17H2,1-3H3,(H,32,35)/b24-20-,29-18?. The van der Waals surface area contributed by atoms with Crippen molar-refractivity contribution in [3.8, 4) is 5.75 Å². The SMILES string of the molecule is CC(C)(C)OC(=O)N1CCC2(CC1)Cc1cc(NC(=O)/C(C=N)=C3\N=CC=CN3)c(N3CCOCC3)cc1O2. The molecular formula is C28H36N6O5. The van der Waals surface area contributed by atoms with E-state index in [1.807, 2.05) is 32.9 Å². The van der Waals surface area contributed by atoms with E-state index in [1.54, 1.807) is 23.4 Å². The van der Waals surface area contributed by atoms with Gasteiger partial charge in [0, 0.05) is 75.7 Å². The van der Waals surface area contributed by atoms with Crippen LogP contribution < -0.4 is 20.3 Å². The van der Waals surface area contributed by atoms with Crippen LogP contribution in [0.1, 0.15) is 39.2 Å². The van der Waals surface area contributed by atoms with Gasteiger partial charge in [-0.15, -0.1) is 0 Å². The van der Waals surface area contributed by atoms with Crippen LogP contribution in [-0.2, 0) is 20.7 Å². The van der Waals surface area contributed by atoms with E-state index < -0.39 is 17.1 Å². The average molecular weight is 537 g/mol. The molecule has 5 rings (SSSR count). The lowest BCUT2D eigenvalue weighted by Crippen LogP contribution is -2.50. The van der Waals surface area contributed by atoms with Crippen molar-refractivity contribution in [3.63, 3.8) is 0 Å². The number of ether oxygens (including phenoxy) is 3. The summed E-state index contributed by atoms with van der Waals surface area (Å²) in [5.41, 5.74) is 1.71. The smallest absolute Gasteiger partial charge is 0.410 e. The second-order valence-electron chi connectivity index (χ2n) is 11.1. The van der Waals surface area contributed by atoms with Crippen LogP contribution in [0.2, 0.25) is 0 Å². The van der Waals surface area contributed by atoms with Gasteiger partial charge in [0.15, 0.2) is 0 Å². The molecule has 208 valence electrons. The maximum absolute atomic E-state index is 13.3. The molecule has 1 spiro atoms. The highest BCUT2D eigenvalue weighted by Crippen LogP contribution is 2.45. The number of benzene rings is 1. The van der Waals surface area contributed by atoms with E-state index in [2.05, 4.69) is 20.5 Å². The largest absolute Gasteiger partial charge is 0.486 e. The van der Waals surface area contributed by atoms with E-state index in [4.69, 9.17) is 19.6 Å². The number of rotatable bonds is 4. The molecule has 0 aromatic heterocycles. The normalized spacial score (nSPS) is 21.1. The first-order valence-corrected chi connectivity index (χ1v) is 13.3. The number of carbonyl (C=O) groups excluding carboxylic acids is 2. The van der Waals surface area contributed by atoms with Gasteiger partial charge >= 0.3 is 6.09 Å². The second-order valence-corrected chi connectivity index (χ2v) is 11.1. The maximum Gasteiger partial charge on any atom is 0.410 e. The van der Waals surface area contributed by atoms with Gasteiger partial charge in [0.25, 0.3) is 5.91 Å². The zero-order valence-electron chi connectivity index (χ0n) is 22.7. The number of hydrogen-bond donors (Lipinski definition) is 3. The molecule has 0 saturated carbocycles. The summed E-state index contributed by atoms with van der Waals surface area (Å²) in [5, 5.41) is 13.8. The van der Waals surface area contributed by atoms with Crippen LogP contribution in [0.25, 0.3) is 0 Å². The third-order valence-corrected chi connectivity index (χ3v) is 7.19. The van der Waals surface area contributed by atoms with Gasteiger partial charge in [-0.1, -0.05) is 0 Å². The molecule has 1 aromatic carbocycles. The Morgan fingerprint density at radius 2 is 1.92 bits per heavy atom. The number of carbonyl (C=O) groups is 2. The fourth-order valence-corrected chi connectivity index (χ4v) is 5.23. The molecule has 3 N–H and O–H groups in total. The summed E-state index contributed by atoms with van der Waals surface area (Å²) >= 11 is 0. The van der Waals surface area contributed by atoms with E-state index in [-0.39, 0.29) is 11.7 Å². The second kappa shape index (κ2) is 10.7. The van der Waals surface area contributed by atoms with E-state index in [1.165, 1.54) is 0 Å². The molecule has 0 aliphatic carbocycles. The number of morpholine rings is 1. The number of nitrogens with one attached hydrogen (secondary N) is 3. The highest BCUT2D eigenvalue weighted by Gasteiger charge is 2.44. The Bertz CT molecular complexity index is 1230. The monoisotopic (exact) mass is 536 g/mol. The first kappa shape index (κ1) is 26.7. The number of likely N-dealkylation sites (tertiary alicyclic amines) is 1. The van der Waals surface area contributed by atoms with Crippen molar-refractivity contribution in [1.29, 1.82) is 5.41 Å². The molecule has 4 heterocycles. The van der Waals surface area contributed by atoms with Crippen molar-refractivity contribution in [2.24, 2.45) is 4.99 Å². The van der Waals surface area contributed by atoms with Crippen molar-refractivity contribution in [2.45, 2.75) is 51.2 Å². The molecule has 4 aliphatic rings. The third kappa shape index (κ3) is 5.93. The summed E-state index contributed by atoms with van der Waals surface area (Å²) in [6, 6.07) is 3.99. The lowest BCUT2D eigenvalue weighted by molar-refractivity contribution is -0.112. The number of hydrogen-bond acceptors (Lipinski definition) is 9. The van der Waals surface area contributed by atoms with Crippen LogP contribution in [0.15, 0.2) is 40.8 Å². The van der Waals surface area contributed by atoms with Gasteiger partial charge in [-0.2, -0.15) is 0 Å². The molecule has 39 heavy (non-hydrogen) atoms. The highest BCUT2D eigenvalue weighted by molar-refractivity contribution is 6.18. The first-order valence-electron chi connectivity index (χ1n) is 13.3. The summed E-state index contributed by atoms with van der Waals surface area (Å²) in [6.45, 7) is 9.28. The number of anilines is 2. The number of nitrogens with zero attached hydrogens (tertiary/aromatic N) is 3. The zero-order valence-corrected chi connectivity index (χ0v) is 22.7. The first-order chi connectivity index (χ1) is 18.7. The fraction of sp³-hybridized carbons (Fsp3) is 0.500. The van der Waals surface area contributed by atoms with Gasteiger partial charge in [0.05, 0.1) is 30.2 Å². The van der Waals surface area contributed by atoms with E-state index >= 15 is 0 Å². The molecule has 2 amide bonds. The minimum absolute atomic E-state index is 0.131. The number of fused-ring (bicyclic) bond motifs is 1. The summed E-state index contributed by atoms with van der Waals surface area (Å²) in [5.74, 6) is 0.696. The van der Waals surface area contributed by atoms with Gasteiger partial charge in [-0.25, -0.2) is 9.79 Å². The summed E-state index contributed by atoms with van der Waals surface area (Å²) in [7, 11) is 0. The van der Waals surface area contributed by atoms with Gasteiger partial charge in [0.1, 0.15) is 22.8 Å². The molecule has 0 atom stereocenters. The van der Waals surface area contributed by atoms with E-state index in [9.17, 15) is 9.59 Å². The van der Waals surface area contributed by atoms with Crippen molar-refractivity contribution in [2.75, 3.05) is 49.6 Å². The minimum atomic E-state index is -0.535. The predicted octanol–water partition coefficient (Wildman–Crippen LogP) is 3.22. The van der Waals surface area contributed by atoms with Crippen molar-refractivity contribution in [1.82, 2.24) is 10.2 Å². The Morgan fingerprint density at radius 1 is 1.18 bits per heavy atom. The average Bonchev–Trinajstić information content (AvgIpc) is 3.25. The Hall–Kier alpha value is -3.86. The van der Waals surface area contributed by atoms with Gasteiger partial charge in [0.2, 0.25) is 0 Å². The quantitative estimate of drug-likeness (QED) is 0.398. The number of piperidine rings is 1. The van der Waals surface area contributed by atoms with Crippen LogP contribution in [0.3, 0.4) is 0 Å². The van der Waals surface area contributed by atoms with Crippen molar-refractivity contribution < 1.29 is 23.8 Å². The van der Waals surface area contributed by atoms with E-state index in [0.717, 1.165) is 23.2 Å². The fourth-order valence-electron chi connectivity index (χ4n) is 5.23. The Morgan fingerprint density at radius 3 is 2.56 bits per heavy atom. The van der Waals surface area contributed by atoms with Gasteiger partial charge in [-0.3, -0.25) is 4.79 Å². The summed E-state index contributed by atoms with van der Waals surface area (Å²) in [4.78, 5) is 34.0. The topological polar surface area (TPSA) is 129 Å². The van der Waals surface area contributed by atoms with Crippen molar-refractivity contribution >= 4 is 35.8 Å². The Balaban J connectivity index is 1.37. The molecule has 0 bridgehead atoms. The van der Waals surface area contributed by atoms with E-state index in [0.29, 0.717) is 70.2 Å². The number of allylic oxidation sites excluding steroid dienone is 1. The molecule has 2 fully saturated rings. The van der Waals surface area contributed by atoms with Crippen LogP contribution in [0.5, 0.6) is 5.75 Å². The number of aliphatic imine (C=N–C) groups is 1. The Labute approximate surface area is 228 Å². The third-order valence-electron chi connectivity index (χ3n) is 7.19. The number of amides is 2.